The van der Waals surface area contributed by atoms with E-state index in [0.717, 1.165) is 51.1 Å². The monoisotopic (exact) mass is 369 g/mol. The molecule has 1 atom stereocenters. The van der Waals surface area contributed by atoms with Gasteiger partial charge in [0.2, 0.25) is 0 Å². The molecule has 0 spiro atoms. The second-order valence-electron chi connectivity index (χ2n) is 7.79. The first kappa shape index (κ1) is 20.8. The summed E-state index contributed by atoms with van der Waals surface area (Å²) in [7, 11) is 0. The molecule has 0 bridgehead atoms. The lowest BCUT2D eigenvalue weighted by Gasteiger charge is -2.34. The summed E-state index contributed by atoms with van der Waals surface area (Å²) in [4.78, 5) is 3.65. The van der Waals surface area contributed by atoms with Gasteiger partial charge in [-0.25, -0.2) is 0 Å². The zero-order valence-corrected chi connectivity index (χ0v) is 16.2. The van der Waals surface area contributed by atoms with Crippen LogP contribution in [0.15, 0.2) is 35.9 Å². The summed E-state index contributed by atoms with van der Waals surface area (Å²) in [6.45, 7) is 11.4. The minimum Gasteiger partial charge on any atom is -0.360 e. The highest BCUT2D eigenvalue weighted by molar-refractivity contribution is 5.49. The van der Waals surface area contributed by atoms with Crippen LogP contribution in [-0.4, -0.2) is 32.7 Å². The summed E-state index contributed by atoms with van der Waals surface area (Å²) in [5.41, 5.74) is 1.51. The molecule has 1 saturated heterocycles. The number of piperazine rings is 1. The molecule has 5 heteroatoms. The summed E-state index contributed by atoms with van der Waals surface area (Å²) in [6, 6.07) is 5.70. The maximum atomic E-state index is 12.9. The Morgan fingerprint density at radius 2 is 1.88 bits per heavy atom. The number of hydrogen-bond acceptors (Lipinski definition) is 1. The summed E-state index contributed by atoms with van der Waals surface area (Å²) >= 11 is 0. The quantitative estimate of drug-likeness (QED) is 0.709. The molecule has 26 heavy (non-hydrogen) atoms. The number of quaternary nitrogens is 1. The van der Waals surface area contributed by atoms with Crippen LogP contribution >= 0.6 is 0 Å². The van der Waals surface area contributed by atoms with Gasteiger partial charge < -0.3 is 9.80 Å². The fourth-order valence-electron chi connectivity index (χ4n) is 3.46. The molecule has 1 N–H and O–H groups in total. The third kappa shape index (κ3) is 6.67. The van der Waals surface area contributed by atoms with Crippen LogP contribution in [0.4, 0.5) is 18.9 Å². The van der Waals surface area contributed by atoms with Crippen LogP contribution in [0.5, 0.6) is 0 Å². The van der Waals surface area contributed by atoms with Gasteiger partial charge in [0, 0.05) is 5.69 Å². The van der Waals surface area contributed by atoms with Crippen LogP contribution in [-0.2, 0) is 6.18 Å². The number of alkyl halides is 3. The Labute approximate surface area is 155 Å². The van der Waals surface area contributed by atoms with Crippen LogP contribution in [0, 0.1) is 5.92 Å². The van der Waals surface area contributed by atoms with Crippen molar-refractivity contribution in [2.24, 2.45) is 5.92 Å². The molecule has 1 heterocycles. The topological polar surface area (TPSA) is 7.68 Å². The van der Waals surface area contributed by atoms with Gasteiger partial charge in [0.05, 0.1) is 38.3 Å². The molecule has 0 unspecified atom stereocenters. The van der Waals surface area contributed by atoms with Crippen molar-refractivity contribution in [3.05, 3.63) is 41.5 Å². The number of halogens is 3. The fraction of sp³-hybridized carbons (Fsp3) is 0.619. The molecular formula is C21H32F3N2+. The molecular weight excluding hydrogens is 337 g/mol. The fourth-order valence-corrected chi connectivity index (χ4v) is 3.46. The maximum absolute atomic E-state index is 12.9. The number of nitrogens with one attached hydrogen (secondary N) is 1. The zero-order chi connectivity index (χ0) is 19.2. The molecule has 1 aliphatic heterocycles. The minimum absolute atomic E-state index is 0.560. The van der Waals surface area contributed by atoms with Crippen LogP contribution in [0.2, 0.25) is 0 Å². The van der Waals surface area contributed by atoms with E-state index in [4.69, 9.17) is 0 Å². The molecule has 1 aliphatic rings. The smallest absolute Gasteiger partial charge is 0.360 e. The Bertz CT molecular complexity index is 583. The lowest BCUT2D eigenvalue weighted by Crippen LogP contribution is -3.14. The predicted molar refractivity (Wildman–Crippen MR) is 102 cm³/mol. The van der Waals surface area contributed by atoms with Gasteiger partial charge in [-0.05, 0) is 57.2 Å². The van der Waals surface area contributed by atoms with Gasteiger partial charge in [0.25, 0.3) is 0 Å². The number of nitrogens with zero attached hydrogens (tertiary/aromatic N) is 1. The Morgan fingerprint density at radius 1 is 1.19 bits per heavy atom. The van der Waals surface area contributed by atoms with Gasteiger partial charge in [-0.1, -0.05) is 24.6 Å². The Balaban J connectivity index is 1.76. The lowest BCUT2D eigenvalue weighted by atomic mass is 10.0. The average Bonchev–Trinajstić information content (AvgIpc) is 2.59. The minimum atomic E-state index is -4.27. The van der Waals surface area contributed by atoms with E-state index in [0.29, 0.717) is 5.69 Å². The summed E-state index contributed by atoms with van der Waals surface area (Å²) in [5, 5.41) is 0. The standard InChI is InChI=1S/C21H31F3N2/c1-17(2)6-4-7-18(3)10-11-25-12-14-26(15-13-25)20-9-5-8-19(16-20)21(22,23)24/h5-6,8-9,16,18H,4,7,10-15H2,1-3H3/p+1/t18-/m0/s1. The van der Waals surface area contributed by atoms with Gasteiger partial charge in [0.1, 0.15) is 0 Å². The molecule has 1 fully saturated rings. The molecule has 0 saturated carbocycles. The largest absolute Gasteiger partial charge is 0.416 e. The molecule has 1 aromatic rings. The number of allylic oxidation sites excluding steroid dienone is 2. The van der Waals surface area contributed by atoms with Crippen molar-refractivity contribution in [1.82, 2.24) is 0 Å². The van der Waals surface area contributed by atoms with E-state index >= 15 is 0 Å². The molecule has 1 aromatic carbocycles. The van der Waals surface area contributed by atoms with E-state index in [-0.39, 0.29) is 0 Å². The number of benzene rings is 1. The van der Waals surface area contributed by atoms with Gasteiger partial charge in [-0.3, -0.25) is 0 Å². The van der Waals surface area contributed by atoms with Gasteiger partial charge in [-0.15, -0.1) is 0 Å². The lowest BCUT2D eigenvalue weighted by molar-refractivity contribution is -0.901. The molecule has 0 aliphatic carbocycles. The van der Waals surface area contributed by atoms with Crippen molar-refractivity contribution in [1.29, 1.82) is 0 Å². The van der Waals surface area contributed by atoms with Crippen LogP contribution in [0.1, 0.15) is 45.6 Å². The molecule has 0 aromatic heterocycles. The number of rotatable bonds is 7. The highest BCUT2D eigenvalue weighted by atomic mass is 19.4. The third-order valence-corrected chi connectivity index (χ3v) is 5.21. The first-order valence-electron chi connectivity index (χ1n) is 9.65. The van der Waals surface area contributed by atoms with E-state index in [1.807, 2.05) is 0 Å². The maximum Gasteiger partial charge on any atom is 0.416 e. The van der Waals surface area contributed by atoms with E-state index in [9.17, 15) is 13.2 Å². The van der Waals surface area contributed by atoms with Crippen molar-refractivity contribution in [3.63, 3.8) is 0 Å². The first-order valence-corrected chi connectivity index (χ1v) is 9.65. The second kappa shape index (κ2) is 9.45. The average molecular weight is 369 g/mol. The molecule has 0 radical (unpaired) electrons. The molecule has 0 amide bonds. The van der Waals surface area contributed by atoms with E-state index in [1.54, 1.807) is 11.0 Å². The Hall–Kier alpha value is -1.49. The van der Waals surface area contributed by atoms with E-state index in [1.165, 1.54) is 30.5 Å². The van der Waals surface area contributed by atoms with Gasteiger partial charge >= 0.3 is 6.18 Å². The first-order chi connectivity index (χ1) is 12.3. The van der Waals surface area contributed by atoms with Crippen molar-refractivity contribution < 1.29 is 18.1 Å². The Morgan fingerprint density at radius 3 is 2.50 bits per heavy atom. The summed E-state index contributed by atoms with van der Waals surface area (Å²) in [5.74, 6) is 0.722. The summed E-state index contributed by atoms with van der Waals surface area (Å²) < 4.78 is 38.6. The van der Waals surface area contributed by atoms with Gasteiger partial charge in [0.15, 0.2) is 0 Å². The number of hydrogen-bond donors (Lipinski definition) is 1. The van der Waals surface area contributed by atoms with E-state index in [2.05, 4.69) is 31.7 Å². The normalized spacial score (nSPS) is 17.2. The van der Waals surface area contributed by atoms with Crippen LogP contribution in [0.25, 0.3) is 0 Å². The third-order valence-electron chi connectivity index (χ3n) is 5.21. The highest BCUT2D eigenvalue weighted by Gasteiger charge is 2.31. The predicted octanol–water partition coefficient (Wildman–Crippen LogP) is 4.18. The van der Waals surface area contributed by atoms with Gasteiger partial charge in [-0.2, -0.15) is 13.2 Å². The van der Waals surface area contributed by atoms with Crippen molar-refractivity contribution in [2.45, 2.75) is 46.2 Å². The number of anilines is 1. The molecule has 146 valence electrons. The Kier molecular flexibility index (Phi) is 7.56. The second-order valence-corrected chi connectivity index (χ2v) is 7.79. The van der Waals surface area contributed by atoms with Crippen molar-refractivity contribution in [2.75, 3.05) is 37.6 Å². The highest BCUT2D eigenvalue weighted by Crippen LogP contribution is 2.31. The molecule has 2 nitrogen and oxygen atoms in total. The molecule has 2 rings (SSSR count). The van der Waals surface area contributed by atoms with Crippen molar-refractivity contribution >= 4 is 5.69 Å². The van der Waals surface area contributed by atoms with E-state index < -0.39 is 11.7 Å². The zero-order valence-electron chi connectivity index (χ0n) is 16.2. The van der Waals surface area contributed by atoms with Crippen LogP contribution in [0.3, 0.4) is 0 Å². The van der Waals surface area contributed by atoms with Crippen molar-refractivity contribution in [3.8, 4) is 0 Å². The van der Waals surface area contributed by atoms with Crippen LogP contribution < -0.4 is 9.80 Å². The summed E-state index contributed by atoms with van der Waals surface area (Å²) in [6.07, 6.45) is 1.63. The SMILES string of the molecule is CC(C)=CCC[C@H](C)CC[NH+]1CCN(c2cccc(C(F)(F)F)c2)CC1.